The Hall–Kier alpha value is -0.860. The van der Waals surface area contributed by atoms with E-state index in [4.69, 9.17) is 4.18 Å². The molecule has 128 valence electrons. The molecule has 0 spiro atoms. The van der Waals surface area contributed by atoms with E-state index in [0.717, 1.165) is 6.26 Å². The van der Waals surface area contributed by atoms with Crippen molar-refractivity contribution in [2.75, 3.05) is 25.9 Å². The number of carboxylic acid groups (broad SMARTS) is 1. The zero-order valence-electron chi connectivity index (χ0n) is 13.7. The lowest BCUT2D eigenvalue weighted by atomic mass is 9.79. The molecule has 1 heterocycles. The van der Waals surface area contributed by atoms with Crippen LogP contribution in [0.15, 0.2) is 0 Å². The Labute approximate surface area is 132 Å². The highest BCUT2D eigenvalue weighted by molar-refractivity contribution is 7.86. The molecule has 1 amide bonds. The maximum atomic E-state index is 11.2. The number of amides is 1. The van der Waals surface area contributed by atoms with Crippen molar-refractivity contribution in [2.45, 2.75) is 51.8 Å². The van der Waals surface area contributed by atoms with Gasteiger partial charge in [0.2, 0.25) is 0 Å². The molecular weight excluding hydrogens is 308 g/mol. The van der Waals surface area contributed by atoms with Gasteiger partial charge < -0.3 is 10.0 Å². The summed E-state index contributed by atoms with van der Waals surface area (Å²) < 4.78 is 27.3. The first-order valence-electron chi connectivity index (χ1n) is 7.59. The third-order valence-electron chi connectivity index (χ3n) is 4.54. The first-order valence-corrected chi connectivity index (χ1v) is 9.41. The smallest absolute Gasteiger partial charge is 0.407 e. The molecule has 7 nitrogen and oxygen atoms in total. The van der Waals surface area contributed by atoms with E-state index >= 15 is 0 Å². The molecule has 2 rings (SSSR count). The molecule has 1 aliphatic carbocycles. The molecule has 1 saturated heterocycles. The molecule has 1 unspecified atom stereocenters. The van der Waals surface area contributed by atoms with Gasteiger partial charge in [-0.3, -0.25) is 9.08 Å². The second kappa shape index (κ2) is 5.98. The van der Waals surface area contributed by atoms with Gasteiger partial charge in [0.1, 0.15) is 0 Å². The topological polar surface area (TPSA) is 87.2 Å². The molecule has 1 aliphatic heterocycles. The van der Waals surface area contributed by atoms with E-state index < -0.39 is 16.2 Å². The number of hydrogen-bond acceptors (Lipinski definition) is 5. The summed E-state index contributed by atoms with van der Waals surface area (Å²) in [7, 11) is -3.40. The maximum Gasteiger partial charge on any atom is 0.407 e. The average Bonchev–Trinajstić information content (AvgIpc) is 2.30. The Morgan fingerprint density at radius 2 is 1.82 bits per heavy atom. The number of piperazine rings is 1. The summed E-state index contributed by atoms with van der Waals surface area (Å²) in [5.41, 5.74) is -0.0447. The normalized spacial score (nSPS) is 30.9. The maximum absolute atomic E-state index is 11.2. The third kappa shape index (κ3) is 4.11. The van der Waals surface area contributed by atoms with Crippen LogP contribution in [0.1, 0.15) is 33.6 Å². The fourth-order valence-electron chi connectivity index (χ4n) is 3.31. The molecule has 1 atom stereocenters. The largest absolute Gasteiger partial charge is 0.465 e. The molecule has 1 N–H and O–H groups in total. The minimum absolute atomic E-state index is 0.0447. The van der Waals surface area contributed by atoms with Crippen LogP contribution < -0.4 is 0 Å². The molecule has 22 heavy (non-hydrogen) atoms. The van der Waals surface area contributed by atoms with Crippen LogP contribution in [0, 0.1) is 5.41 Å². The molecule has 2 fully saturated rings. The first kappa shape index (κ1) is 17.5. The molecule has 8 heteroatoms. The van der Waals surface area contributed by atoms with Crippen LogP contribution in [-0.4, -0.2) is 73.5 Å². The number of hydrogen-bond donors (Lipinski definition) is 1. The van der Waals surface area contributed by atoms with Gasteiger partial charge in [-0.2, -0.15) is 8.42 Å². The van der Waals surface area contributed by atoms with E-state index in [-0.39, 0.29) is 23.6 Å². The van der Waals surface area contributed by atoms with Gasteiger partial charge in [0.05, 0.1) is 12.4 Å². The van der Waals surface area contributed by atoms with Crippen molar-refractivity contribution in [2.24, 2.45) is 5.41 Å². The lowest BCUT2D eigenvalue weighted by Crippen LogP contribution is -2.64. The van der Waals surface area contributed by atoms with Gasteiger partial charge in [-0.05, 0) is 18.3 Å². The number of nitrogens with zero attached hydrogens (tertiary/aromatic N) is 2. The number of rotatable bonds is 3. The summed E-state index contributed by atoms with van der Waals surface area (Å²) in [4.78, 5) is 15.0. The van der Waals surface area contributed by atoms with Gasteiger partial charge in [-0.1, -0.05) is 20.8 Å². The van der Waals surface area contributed by atoms with Crippen LogP contribution >= 0.6 is 0 Å². The van der Waals surface area contributed by atoms with Crippen LogP contribution in [0.25, 0.3) is 0 Å². The number of carbonyl (C=O) groups is 1. The predicted octanol–water partition coefficient (Wildman–Crippen LogP) is 1.20. The summed E-state index contributed by atoms with van der Waals surface area (Å²) in [5.74, 6) is 0. The Balaban J connectivity index is 2.00. The SMILES string of the molecule is CC(C)(C)C1CN(C(=O)O)CCN1C1CC(OS(C)(=O)=O)C1. The van der Waals surface area contributed by atoms with E-state index in [1.807, 2.05) is 0 Å². The highest BCUT2D eigenvalue weighted by Gasteiger charge is 2.44. The van der Waals surface area contributed by atoms with Crippen LogP contribution in [0.3, 0.4) is 0 Å². The van der Waals surface area contributed by atoms with Crippen molar-refractivity contribution in [3.05, 3.63) is 0 Å². The molecule has 1 saturated carbocycles. The van der Waals surface area contributed by atoms with Gasteiger partial charge in [-0.25, -0.2) is 4.79 Å². The Morgan fingerprint density at radius 3 is 2.27 bits per heavy atom. The highest BCUT2D eigenvalue weighted by atomic mass is 32.2. The second-order valence-electron chi connectivity index (χ2n) is 7.40. The van der Waals surface area contributed by atoms with Crippen molar-refractivity contribution in [1.82, 2.24) is 9.80 Å². The molecule has 0 aromatic rings. The van der Waals surface area contributed by atoms with Crippen LogP contribution in [0.4, 0.5) is 4.79 Å². The third-order valence-corrected chi connectivity index (χ3v) is 5.16. The minimum atomic E-state index is -3.40. The monoisotopic (exact) mass is 334 g/mol. The van der Waals surface area contributed by atoms with Gasteiger partial charge in [0.15, 0.2) is 0 Å². The van der Waals surface area contributed by atoms with E-state index in [2.05, 4.69) is 25.7 Å². The fraction of sp³-hybridized carbons (Fsp3) is 0.929. The summed E-state index contributed by atoms with van der Waals surface area (Å²) in [5, 5.41) is 9.21. The van der Waals surface area contributed by atoms with Crippen molar-refractivity contribution in [3.8, 4) is 0 Å². The van der Waals surface area contributed by atoms with Crippen molar-refractivity contribution in [3.63, 3.8) is 0 Å². The Kier molecular flexibility index (Phi) is 4.75. The van der Waals surface area contributed by atoms with E-state index in [0.29, 0.717) is 32.5 Å². The Bertz CT molecular complexity index is 522. The van der Waals surface area contributed by atoms with Gasteiger partial charge in [0.25, 0.3) is 10.1 Å². The van der Waals surface area contributed by atoms with E-state index in [1.165, 1.54) is 4.90 Å². The van der Waals surface area contributed by atoms with Gasteiger partial charge in [-0.15, -0.1) is 0 Å². The first-order chi connectivity index (χ1) is 9.97. The van der Waals surface area contributed by atoms with Crippen LogP contribution in [0.5, 0.6) is 0 Å². The van der Waals surface area contributed by atoms with E-state index in [9.17, 15) is 18.3 Å². The molecular formula is C14H26N2O5S. The standard InChI is InChI=1S/C14H26N2O5S/c1-14(2,3)12-9-15(13(17)18)5-6-16(12)10-7-11(8-10)21-22(4,19)20/h10-12H,5-9H2,1-4H3,(H,17,18). The summed E-state index contributed by atoms with van der Waals surface area (Å²) in [6.45, 7) is 8.00. The summed E-state index contributed by atoms with van der Waals surface area (Å²) >= 11 is 0. The molecule has 0 bridgehead atoms. The predicted molar refractivity (Wildman–Crippen MR) is 82.3 cm³/mol. The average molecular weight is 334 g/mol. The lowest BCUT2D eigenvalue weighted by molar-refractivity contribution is -0.0589. The lowest BCUT2D eigenvalue weighted by Gasteiger charge is -2.53. The van der Waals surface area contributed by atoms with Crippen molar-refractivity contribution in [1.29, 1.82) is 0 Å². The fourth-order valence-corrected chi connectivity index (χ4v) is 3.97. The summed E-state index contributed by atoms with van der Waals surface area (Å²) in [6.07, 6.45) is 1.34. The molecule has 0 aromatic heterocycles. The van der Waals surface area contributed by atoms with Gasteiger partial charge in [0, 0.05) is 31.7 Å². The van der Waals surface area contributed by atoms with Crippen LogP contribution in [0.2, 0.25) is 0 Å². The van der Waals surface area contributed by atoms with Crippen molar-refractivity contribution >= 4 is 16.2 Å². The highest BCUT2D eigenvalue weighted by Crippen LogP contribution is 2.36. The zero-order valence-corrected chi connectivity index (χ0v) is 14.5. The zero-order chi connectivity index (χ0) is 16.7. The molecule has 0 aromatic carbocycles. The van der Waals surface area contributed by atoms with Crippen LogP contribution in [-0.2, 0) is 14.3 Å². The van der Waals surface area contributed by atoms with Gasteiger partial charge >= 0.3 is 6.09 Å². The molecule has 2 aliphatic rings. The van der Waals surface area contributed by atoms with E-state index in [1.54, 1.807) is 0 Å². The minimum Gasteiger partial charge on any atom is -0.465 e. The second-order valence-corrected chi connectivity index (χ2v) is 9.00. The Morgan fingerprint density at radius 1 is 1.23 bits per heavy atom. The molecule has 0 radical (unpaired) electrons. The quantitative estimate of drug-likeness (QED) is 0.781. The summed E-state index contributed by atoms with van der Waals surface area (Å²) in [6, 6.07) is 0.397. The van der Waals surface area contributed by atoms with Crippen molar-refractivity contribution < 1.29 is 22.5 Å².